The molecule has 0 saturated carbocycles. The van der Waals surface area contributed by atoms with Crippen LogP contribution in [0.3, 0.4) is 0 Å². The lowest BCUT2D eigenvalue weighted by molar-refractivity contribution is -0.232. The van der Waals surface area contributed by atoms with Crippen LogP contribution >= 0.6 is 0 Å². The van der Waals surface area contributed by atoms with Crippen LogP contribution in [-0.4, -0.2) is 101 Å². The van der Waals surface area contributed by atoms with Crippen LogP contribution in [0.1, 0.15) is 61.3 Å². The largest absolute Gasteiger partial charge is 0.462 e. The molecule has 2 aliphatic heterocycles. The highest BCUT2D eigenvalue weighted by atomic mass is 16.7. The summed E-state index contributed by atoms with van der Waals surface area (Å²) in [6.45, 7) is 11.0. The van der Waals surface area contributed by atoms with Gasteiger partial charge < -0.3 is 29.5 Å². The van der Waals surface area contributed by atoms with E-state index in [4.69, 9.17) is 14.2 Å². The van der Waals surface area contributed by atoms with Crippen molar-refractivity contribution in [3.63, 3.8) is 0 Å². The molecule has 10 nitrogen and oxygen atoms in total. The highest BCUT2D eigenvalue weighted by Crippen LogP contribution is 2.33. The van der Waals surface area contributed by atoms with E-state index in [1.54, 1.807) is 13.8 Å². The Morgan fingerprint density at radius 3 is 2.11 bits per heavy atom. The van der Waals surface area contributed by atoms with E-state index in [0.717, 1.165) is 0 Å². The average Bonchev–Trinajstić information content (AvgIpc) is 2.83. The van der Waals surface area contributed by atoms with Crippen LogP contribution in [0.15, 0.2) is 0 Å². The monoisotopic (exact) mass is 529 g/mol. The Balaban J connectivity index is 2.42. The fourth-order valence-corrected chi connectivity index (χ4v) is 5.58. The Morgan fingerprint density at radius 1 is 0.946 bits per heavy atom. The first-order valence-electron chi connectivity index (χ1n) is 13.3. The van der Waals surface area contributed by atoms with E-state index >= 15 is 0 Å². The van der Waals surface area contributed by atoms with Crippen molar-refractivity contribution in [2.75, 3.05) is 20.7 Å². The second-order valence-electron chi connectivity index (χ2n) is 11.8. The van der Waals surface area contributed by atoms with Crippen LogP contribution in [0, 0.1) is 29.6 Å². The third-order valence-electron chi connectivity index (χ3n) is 8.15. The Morgan fingerprint density at radius 2 is 1.54 bits per heavy atom. The van der Waals surface area contributed by atoms with E-state index in [2.05, 4.69) is 0 Å². The van der Waals surface area contributed by atoms with Crippen LogP contribution in [0.2, 0.25) is 0 Å². The highest BCUT2D eigenvalue weighted by Gasteiger charge is 2.45. The maximum Gasteiger partial charge on any atom is 0.311 e. The minimum atomic E-state index is -1.85. The molecular formula is C27H47NO9. The van der Waals surface area contributed by atoms with Gasteiger partial charge in [-0.25, -0.2) is 0 Å². The van der Waals surface area contributed by atoms with Crippen molar-refractivity contribution in [2.24, 2.45) is 29.6 Å². The SMILES string of the molecule is C[C@H]1[C@@H](O)[C@@H](C)C(=O)OC[C@@](C)(O)[C@H](O)[C@@H](C)C(=O)[C@H](C)C[C@H](C)[C@@H]1O[C@@H]1O[C@H](C)C[C@H](N(C)C)C1=O. The van der Waals surface area contributed by atoms with Crippen LogP contribution in [0.4, 0.5) is 0 Å². The second kappa shape index (κ2) is 12.6. The normalized spacial score (nSPS) is 45.4. The molecule has 10 heteroatoms. The predicted octanol–water partition coefficient (Wildman–Crippen LogP) is 1.18. The van der Waals surface area contributed by atoms with Gasteiger partial charge in [-0.1, -0.05) is 27.7 Å². The molecule has 0 unspecified atom stereocenters. The van der Waals surface area contributed by atoms with Gasteiger partial charge in [0.15, 0.2) is 0 Å². The standard InChI is InChI=1S/C27H47NO9/c1-13-10-14(2)23(37-26-22(31)19(28(8)9)11-15(3)36-26)16(4)21(30)18(6)25(33)35-12-27(7,34)24(32)17(5)20(13)29/h13-19,21,23-24,26,30,32,34H,10-12H2,1-9H3/t13-,14+,15-,16+,17+,18-,19+,21-,23+,24-,26+,27-/m1/s1. The summed E-state index contributed by atoms with van der Waals surface area (Å²) >= 11 is 0. The first-order chi connectivity index (χ1) is 17.0. The molecule has 0 aromatic heterocycles. The number of aliphatic hydroxyl groups is 3. The molecule has 3 N–H and O–H groups in total. The molecule has 37 heavy (non-hydrogen) atoms. The van der Waals surface area contributed by atoms with Gasteiger partial charge in [-0.05, 0) is 53.6 Å². The number of nitrogens with zero attached hydrogens (tertiary/aromatic N) is 1. The smallest absolute Gasteiger partial charge is 0.311 e. The Labute approximate surface area is 220 Å². The maximum atomic E-state index is 13.2. The van der Waals surface area contributed by atoms with Gasteiger partial charge in [0.05, 0.1) is 36.4 Å². The minimum Gasteiger partial charge on any atom is -0.462 e. The molecule has 2 rings (SSSR count). The summed E-state index contributed by atoms with van der Waals surface area (Å²) in [5, 5.41) is 32.6. The number of rotatable bonds is 3. The van der Waals surface area contributed by atoms with Gasteiger partial charge in [-0.2, -0.15) is 0 Å². The summed E-state index contributed by atoms with van der Waals surface area (Å²) in [4.78, 5) is 40.9. The Kier molecular flexibility index (Phi) is 10.8. The maximum absolute atomic E-state index is 13.2. The second-order valence-corrected chi connectivity index (χ2v) is 11.8. The molecule has 214 valence electrons. The number of hydrogen-bond acceptors (Lipinski definition) is 10. The molecule has 12 atom stereocenters. The molecule has 0 aliphatic carbocycles. The van der Waals surface area contributed by atoms with E-state index in [1.165, 1.54) is 20.8 Å². The summed E-state index contributed by atoms with van der Waals surface area (Å²) in [5.74, 6) is -4.58. The number of aliphatic hydroxyl groups excluding tert-OH is 2. The van der Waals surface area contributed by atoms with Gasteiger partial charge in [0.25, 0.3) is 0 Å². The van der Waals surface area contributed by atoms with Crippen molar-refractivity contribution in [2.45, 2.75) is 104 Å². The summed E-state index contributed by atoms with van der Waals surface area (Å²) in [7, 11) is 3.64. The third-order valence-corrected chi connectivity index (χ3v) is 8.15. The predicted molar refractivity (Wildman–Crippen MR) is 135 cm³/mol. The van der Waals surface area contributed by atoms with Crippen molar-refractivity contribution in [3.8, 4) is 0 Å². The first kappa shape index (κ1) is 31.8. The van der Waals surface area contributed by atoms with Crippen LogP contribution in [-0.2, 0) is 28.6 Å². The van der Waals surface area contributed by atoms with Gasteiger partial charge in [-0.3, -0.25) is 19.3 Å². The zero-order valence-electron chi connectivity index (χ0n) is 23.7. The molecule has 2 fully saturated rings. The first-order valence-corrected chi connectivity index (χ1v) is 13.3. The number of ether oxygens (including phenoxy) is 3. The fourth-order valence-electron chi connectivity index (χ4n) is 5.58. The van der Waals surface area contributed by atoms with E-state index in [-0.39, 0.29) is 29.6 Å². The third kappa shape index (κ3) is 7.36. The summed E-state index contributed by atoms with van der Waals surface area (Å²) < 4.78 is 17.4. The molecule has 0 amide bonds. The zero-order chi connectivity index (χ0) is 28.4. The quantitative estimate of drug-likeness (QED) is 0.456. The number of Topliss-reactive ketones (excluding diaryl/α,β-unsaturated/α-hetero) is 2. The van der Waals surface area contributed by atoms with Crippen LogP contribution in [0.5, 0.6) is 0 Å². The average molecular weight is 530 g/mol. The van der Waals surface area contributed by atoms with E-state index < -0.39 is 66.5 Å². The van der Waals surface area contributed by atoms with Gasteiger partial charge in [0.2, 0.25) is 12.1 Å². The topological polar surface area (TPSA) is 143 Å². The van der Waals surface area contributed by atoms with Crippen LogP contribution in [0.25, 0.3) is 0 Å². The molecule has 0 spiro atoms. The summed E-state index contributed by atoms with van der Waals surface area (Å²) in [6.07, 6.45) is -3.90. The number of ketones is 2. The molecule has 0 bridgehead atoms. The lowest BCUT2D eigenvalue weighted by Crippen LogP contribution is -2.54. The number of esters is 1. The van der Waals surface area contributed by atoms with Crippen LogP contribution < -0.4 is 0 Å². The minimum absolute atomic E-state index is 0.216. The molecule has 2 aliphatic rings. The van der Waals surface area contributed by atoms with E-state index in [9.17, 15) is 29.7 Å². The van der Waals surface area contributed by atoms with Crippen molar-refractivity contribution in [1.29, 1.82) is 0 Å². The molecule has 0 aromatic carbocycles. The summed E-state index contributed by atoms with van der Waals surface area (Å²) in [6, 6.07) is -0.382. The molecule has 2 heterocycles. The zero-order valence-corrected chi connectivity index (χ0v) is 23.7. The number of likely N-dealkylation sites (N-methyl/N-ethyl adjacent to an activating group) is 1. The number of carbonyl (C=O) groups is 3. The molecule has 2 saturated heterocycles. The molecule has 0 aromatic rings. The van der Waals surface area contributed by atoms with Crippen molar-refractivity contribution in [3.05, 3.63) is 0 Å². The van der Waals surface area contributed by atoms with Gasteiger partial charge in [0, 0.05) is 17.8 Å². The fraction of sp³-hybridized carbons (Fsp3) is 0.889. The molecular weight excluding hydrogens is 482 g/mol. The van der Waals surface area contributed by atoms with Crippen molar-refractivity contribution < 1.29 is 43.9 Å². The Hall–Kier alpha value is -1.43. The summed E-state index contributed by atoms with van der Waals surface area (Å²) in [5.41, 5.74) is -1.85. The van der Waals surface area contributed by atoms with E-state index in [1.807, 2.05) is 32.8 Å². The molecule has 0 radical (unpaired) electrons. The lowest BCUT2D eigenvalue weighted by atomic mass is 9.77. The van der Waals surface area contributed by atoms with Gasteiger partial charge in [0.1, 0.15) is 18.0 Å². The number of carbonyl (C=O) groups excluding carboxylic acids is 3. The number of hydrogen-bond donors (Lipinski definition) is 3. The van der Waals surface area contributed by atoms with E-state index in [0.29, 0.717) is 12.8 Å². The van der Waals surface area contributed by atoms with Crippen molar-refractivity contribution >= 4 is 17.5 Å². The Bertz CT molecular complexity index is 816. The number of cyclic esters (lactones) is 1. The highest BCUT2D eigenvalue weighted by molar-refractivity contribution is 5.87. The lowest BCUT2D eigenvalue weighted by Gasteiger charge is -2.41. The van der Waals surface area contributed by atoms with Gasteiger partial charge >= 0.3 is 5.97 Å². The van der Waals surface area contributed by atoms with Gasteiger partial charge in [-0.15, -0.1) is 0 Å². The van der Waals surface area contributed by atoms with Crippen molar-refractivity contribution in [1.82, 2.24) is 4.90 Å².